The topological polar surface area (TPSA) is 27.7 Å². The van der Waals surface area contributed by atoms with Crippen LogP contribution < -0.4 is 9.47 Å². The zero-order chi connectivity index (χ0) is 21.3. The summed E-state index contributed by atoms with van der Waals surface area (Å²) in [6.45, 7) is 12.7. The van der Waals surface area contributed by atoms with Crippen molar-refractivity contribution in [3.05, 3.63) is 59.7 Å². The third kappa shape index (κ3) is 7.56. The second kappa shape index (κ2) is 11.5. The summed E-state index contributed by atoms with van der Waals surface area (Å²) in [5.41, 5.74) is 2.39. The van der Waals surface area contributed by atoms with Gasteiger partial charge >= 0.3 is 0 Å². The highest BCUT2D eigenvalue weighted by Gasteiger charge is 2.23. The van der Waals surface area contributed by atoms with Gasteiger partial charge in [-0.2, -0.15) is 0 Å². The van der Waals surface area contributed by atoms with E-state index >= 15 is 0 Å². The third-order valence-corrected chi connectivity index (χ3v) is 5.21. The first-order valence-corrected chi connectivity index (χ1v) is 11.0. The smallest absolute Gasteiger partial charge is 0.119 e. The van der Waals surface area contributed by atoms with Crippen molar-refractivity contribution in [1.82, 2.24) is 0 Å². The lowest BCUT2D eigenvalue weighted by atomic mass is 9.78. The quantitative estimate of drug-likeness (QED) is 0.292. The van der Waals surface area contributed by atoms with Crippen LogP contribution in [-0.2, 0) is 10.2 Å². The Kier molecular flexibility index (Phi) is 9.32. The highest BCUT2D eigenvalue weighted by molar-refractivity contribution is 6.17. The predicted molar refractivity (Wildman–Crippen MR) is 122 cm³/mol. The standard InChI is InChI=1S/C25H35ClO3/c1-19(2)28-17-20(3)18-29-24-13-9-22(10-14-24)25(4,5)21-7-11-23(12-8-21)27-16-6-15-26/h7-14,19-20H,6,15-18H2,1-5H3. The summed E-state index contributed by atoms with van der Waals surface area (Å²) in [5.74, 6) is 2.76. The van der Waals surface area contributed by atoms with E-state index in [1.807, 2.05) is 12.1 Å². The summed E-state index contributed by atoms with van der Waals surface area (Å²) in [5, 5.41) is 0. The minimum atomic E-state index is -0.106. The molecule has 0 saturated heterocycles. The Morgan fingerprint density at radius 2 is 1.31 bits per heavy atom. The fourth-order valence-electron chi connectivity index (χ4n) is 2.99. The lowest BCUT2D eigenvalue weighted by molar-refractivity contribution is 0.0427. The van der Waals surface area contributed by atoms with Gasteiger partial charge < -0.3 is 14.2 Å². The molecule has 160 valence electrons. The molecule has 0 aliphatic rings. The number of alkyl halides is 1. The highest BCUT2D eigenvalue weighted by atomic mass is 35.5. The largest absolute Gasteiger partial charge is 0.494 e. The van der Waals surface area contributed by atoms with Gasteiger partial charge in [0.05, 0.1) is 25.9 Å². The molecule has 0 saturated carbocycles. The molecule has 0 bridgehead atoms. The molecule has 3 nitrogen and oxygen atoms in total. The normalized spacial score (nSPS) is 12.8. The zero-order valence-electron chi connectivity index (χ0n) is 18.4. The van der Waals surface area contributed by atoms with Crippen LogP contribution in [0.15, 0.2) is 48.5 Å². The second-order valence-corrected chi connectivity index (χ2v) is 8.74. The maximum Gasteiger partial charge on any atom is 0.119 e. The fourth-order valence-corrected chi connectivity index (χ4v) is 3.10. The molecule has 0 aliphatic carbocycles. The van der Waals surface area contributed by atoms with Crippen LogP contribution in [0, 0.1) is 5.92 Å². The summed E-state index contributed by atoms with van der Waals surface area (Å²) in [7, 11) is 0. The van der Waals surface area contributed by atoms with Gasteiger partial charge in [0.2, 0.25) is 0 Å². The Morgan fingerprint density at radius 3 is 1.79 bits per heavy atom. The number of hydrogen-bond acceptors (Lipinski definition) is 3. The first kappa shape index (κ1) is 23.6. The van der Waals surface area contributed by atoms with Crippen LogP contribution in [0.25, 0.3) is 0 Å². The van der Waals surface area contributed by atoms with Crippen LogP contribution >= 0.6 is 11.6 Å². The molecule has 29 heavy (non-hydrogen) atoms. The molecule has 0 fully saturated rings. The van der Waals surface area contributed by atoms with Crippen molar-refractivity contribution in [2.75, 3.05) is 25.7 Å². The van der Waals surface area contributed by atoms with E-state index in [4.69, 9.17) is 25.8 Å². The maximum absolute atomic E-state index is 5.93. The number of halogens is 1. The average molecular weight is 419 g/mol. The molecular formula is C25H35ClO3. The van der Waals surface area contributed by atoms with Crippen LogP contribution in [0.2, 0.25) is 0 Å². The highest BCUT2D eigenvalue weighted by Crippen LogP contribution is 2.33. The molecule has 1 atom stereocenters. The van der Waals surface area contributed by atoms with E-state index in [-0.39, 0.29) is 11.5 Å². The van der Waals surface area contributed by atoms with Gasteiger partial charge in [0.1, 0.15) is 11.5 Å². The summed E-state index contributed by atoms with van der Waals surface area (Å²) in [4.78, 5) is 0. The Bertz CT molecular complexity index is 708. The maximum atomic E-state index is 5.93. The summed E-state index contributed by atoms with van der Waals surface area (Å²) < 4.78 is 17.3. The molecule has 1 unspecified atom stereocenters. The Hall–Kier alpha value is -1.71. The molecular weight excluding hydrogens is 384 g/mol. The van der Waals surface area contributed by atoms with E-state index < -0.39 is 0 Å². The lowest BCUT2D eigenvalue weighted by Crippen LogP contribution is -2.19. The predicted octanol–water partition coefficient (Wildman–Crippen LogP) is 6.46. The Balaban J connectivity index is 1.95. The monoisotopic (exact) mass is 418 g/mol. The van der Waals surface area contributed by atoms with Crippen molar-refractivity contribution in [3.63, 3.8) is 0 Å². The van der Waals surface area contributed by atoms with E-state index in [2.05, 4.69) is 71.0 Å². The van der Waals surface area contributed by atoms with Crippen molar-refractivity contribution in [1.29, 1.82) is 0 Å². The van der Waals surface area contributed by atoms with Crippen LogP contribution in [0.4, 0.5) is 0 Å². The van der Waals surface area contributed by atoms with Gasteiger partial charge in [-0.1, -0.05) is 45.0 Å². The number of ether oxygens (including phenoxy) is 3. The SMILES string of the molecule is CC(COc1ccc(C(C)(C)c2ccc(OCCCCl)cc2)cc1)COC(C)C. The number of benzene rings is 2. The van der Waals surface area contributed by atoms with E-state index in [0.29, 0.717) is 31.6 Å². The molecule has 0 radical (unpaired) electrons. The number of hydrogen-bond donors (Lipinski definition) is 0. The van der Waals surface area contributed by atoms with Crippen LogP contribution in [0.5, 0.6) is 11.5 Å². The van der Waals surface area contributed by atoms with E-state index in [9.17, 15) is 0 Å². The lowest BCUT2D eigenvalue weighted by Gasteiger charge is -2.26. The van der Waals surface area contributed by atoms with Gasteiger partial charge in [0.25, 0.3) is 0 Å². The van der Waals surface area contributed by atoms with Crippen molar-refractivity contribution in [3.8, 4) is 11.5 Å². The molecule has 0 aliphatic heterocycles. The van der Waals surface area contributed by atoms with Gasteiger partial charge in [-0.25, -0.2) is 0 Å². The molecule has 2 aromatic carbocycles. The molecule has 0 N–H and O–H groups in total. The first-order valence-electron chi connectivity index (χ1n) is 10.5. The molecule has 0 spiro atoms. The van der Waals surface area contributed by atoms with Crippen molar-refractivity contribution < 1.29 is 14.2 Å². The second-order valence-electron chi connectivity index (χ2n) is 8.36. The minimum Gasteiger partial charge on any atom is -0.494 e. The van der Waals surface area contributed by atoms with Gasteiger partial charge in [0.15, 0.2) is 0 Å². The molecule has 4 heteroatoms. The average Bonchev–Trinajstić information content (AvgIpc) is 2.71. The molecule has 0 amide bonds. The van der Waals surface area contributed by atoms with Crippen LogP contribution in [0.3, 0.4) is 0 Å². The third-order valence-electron chi connectivity index (χ3n) is 4.95. The Labute approximate surface area is 181 Å². The summed E-state index contributed by atoms with van der Waals surface area (Å²) >= 11 is 5.70. The fraction of sp³-hybridized carbons (Fsp3) is 0.520. The molecule has 0 aromatic heterocycles. The molecule has 2 aromatic rings. The van der Waals surface area contributed by atoms with Crippen LogP contribution in [-0.4, -0.2) is 31.8 Å². The zero-order valence-corrected chi connectivity index (χ0v) is 19.2. The van der Waals surface area contributed by atoms with Crippen molar-refractivity contribution >= 4 is 11.6 Å². The summed E-state index contributed by atoms with van der Waals surface area (Å²) in [6, 6.07) is 16.7. The van der Waals surface area contributed by atoms with E-state index in [0.717, 1.165) is 17.9 Å². The van der Waals surface area contributed by atoms with Crippen molar-refractivity contribution in [2.24, 2.45) is 5.92 Å². The minimum absolute atomic E-state index is 0.106. The first-order chi connectivity index (χ1) is 13.8. The van der Waals surface area contributed by atoms with E-state index in [1.165, 1.54) is 11.1 Å². The van der Waals surface area contributed by atoms with Gasteiger partial charge in [0, 0.05) is 17.2 Å². The van der Waals surface area contributed by atoms with Crippen LogP contribution in [0.1, 0.15) is 52.2 Å². The molecule has 2 rings (SSSR count). The van der Waals surface area contributed by atoms with Gasteiger partial charge in [-0.05, 0) is 55.7 Å². The Morgan fingerprint density at radius 1 is 0.793 bits per heavy atom. The van der Waals surface area contributed by atoms with Gasteiger partial charge in [-0.3, -0.25) is 0 Å². The summed E-state index contributed by atoms with van der Waals surface area (Å²) in [6.07, 6.45) is 1.11. The van der Waals surface area contributed by atoms with Gasteiger partial charge in [-0.15, -0.1) is 11.6 Å². The van der Waals surface area contributed by atoms with Crippen molar-refractivity contribution in [2.45, 2.75) is 52.6 Å². The van der Waals surface area contributed by atoms with E-state index in [1.54, 1.807) is 0 Å². The number of rotatable bonds is 12. The molecule has 0 heterocycles.